The lowest BCUT2D eigenvalue weighted by molar-refractivity contribution is -0.324. The predicted molar refractivity (Wildman–Crippen MR) is 121 cm³/mol. The molecule has 11 nitrogen and oxygen atoms in total. The van der Waals surface area contributed by atoms with Crippen LogP contribution in [0.4, 0.5) is 0 Å². The first-order valence-corrected chi connectivity index (χ1v) is 11.8. The number of allylic oxidation sites excluding steroid dienone is 3. The molecule has 6 N–H and O–H groups in total. The Morgan fingerprint density at radius 2 is 1.71 bits per heavy atom. The van der Waals surface area contributed by atoms with Gasteiger partial charge in [0.2, 0.25) is 0 Å². The van der Waals surface area contributed by atoms with Crippen LogP contribution in [0.25, 0.3) is 0 Å². The molecule has 2 heterocycles. The maximum Gasteiger partial charge on any atom is 0.187 e. The highest BCUT2D eigenvalue weighted by Gasteiger charge is 2.46. The van der Waals surface area contributed by atoms with Crippen LogP contribution in [-0.4, -0.2) is 111 Å². The first-order valence-electron chi connectivity index (χ1n) is 11.8. The van der Waals surface area contributed by atoms with E-state index in [-0.39, 0.29) is 30.3 Å². The molecule has 0 amide bonds. The lowest BCUT2D eigenvalue weighted by Crippen LogP contribution is -2.60. The number of hydrogen-bond donors (Lipinski definition) is 6. The Morgan fingerprint density at radius 3 is 2.37 bits per heavy atom. The van der Waals surface area contributed by atoms with Crippen molar-refractivity contribution in [3.63, 3.8) is 0 Å². The Hall–Kier alpha value is -1.25. The molecule has 0 aromatic carbocycles. The van der Waals surface area contributed by atoms with Gasteiger partial charge < -0.3 is 49.6 Å². The average molecular weight is 503 g/mol. The minimum absolute atomic E-state index is 0.0211. The van der Waals surface area contributed by atoms with Crippen molar-refractivity contribution in [1.82, 2.24) is 0 Å². The van der Waals surface area contributed by atoms with Gasteiger partial charge in [-0.25, -0.2) is 0 Å². The molecule has 200 valence electrons. The molecule has 11 heteroatoms. The first kappa shape index (κ1) is 28.3. The second kappa shape index (κ2) is 11.4. The minimum Gasteiger partial charge on any atom is -0.388 e. The summed E-state index contributed by atoms with van der Waals surface area (Å²) >= 11 is 0. The number of ether oxygens (including phenoxy) is 4. The number of rotatable bonds is 7. The maximum absolute atomic E-state index is 11.9. The summed E-state index contributed by atoms with van der Waals surface area (Å²) in [6.07, 6.45) is -7.31. The lowest BCUT2D eigenvalue weighted by atomic mass is 9.68. The molecule has 2 saturated heterocycles. The van der Waals surface area contributed by atoms with Gasteiger partial charge in [-0.15, -0.1) is 0 Å². The Bertz CT molecular complexity index is 796. The van der Waals surface area contributed by atoms with Crippen LogP contribution < -0.4 is 0 Å². The number of carbonyl (C=O) groups is 1. The van der Waals surface area contributed by atoms with Crippen LogP contribution >= 0.6 is 0 Å². The highest BCUT2D eigenvalue weighted by Crippen LogP contribution is 2.40. The second-order valence-electron chi connectivity index (χ2n) is 10.3. The molecule has 2 aliphatic heterocycles. The number of carbonyl (C=O) groups excluding carboxylic acids is 1. The van der Waals surface area contributed by atoms with Crippen LogP contribution in [0.2, 0.25) is 0 Å². The number of aliphatic hydroxyl groups is 6. The molecule has 0 saturated carbocycles. The van der Waals surface area contributed by atoms with Crippen molar-refractivity contribution in [2.45, 2.75) is 95.5 Å². The normalized spacial score (nSPS) is 43.3. The van der Waals surface area contributed by atoms with Gasteiger partial charge in [0.15, 0.2) is 18.4 Å². The molecule has 0 bridgehead atoms. The Labute approximate surface area is 204 Å². The van der Waals surface area contributed by atoms with Gasteiger partial charge in [-0.3, -0.25) is 4.79 Å². The van der Waals surface area contributed by atoms with Crippen molar-refractivity contribution in [2.75, 3.05) is 13.2 Å². The Morgan fingerprint density at radius 1 is 1.06 bits per heavy atom. The molecule has 2 fully saturated rings. The van der Waals surface area contributed by atoms with E-state index in [1.807, 2.05) is 26.8 Å². The molecule has 2 unspecified atom stereocenters. The van der Waals surface area contributed by atoms with Gasteiger partial charge in [-0.2, -0.15) is 0 Å². The zero-order valence-electron chi connectivity index (χ0n) is 20.4. The van der Waals surface area contributed by atoms with Crippen molar-refractivity contribution in [3.05, 3.63) is 23.8 Å². The highest BCUT2D eigenvalue weighted by molar-refractivity contribution is 5.92. The molecule has 0 spiro atoms. The largest absolute Gasteiger partial charge is 0.388 e. The summed E-state index contributed by atoms with van der Waals surface area (Å²) in [6.45, 7) is 7.06. The van der Waals surface area contributed by atoms with E-state index in [1.165, 1.54) is 0 Å². The third-order valence-electron chi connectivity index (χ3n) is 6.82. The second-order valence-corrected chi connectivity index (χ2v) is 10.3. The van der Waals surface area contributed by atoms with E-state index in [1.54, 1.807) is 19.1 Å². The topological polar surface area (TPSA) is 175 Å². The fraction of sp³-hybridized carbons (Fsp3) is 0.792. The van der Waals surface area contributed by atoms with E-state index in [0.717, 1.165) is 5.57 Å². The Kier molecular flexibility index (Phi) is 9.25. The third kappa shape index (κ3) is 6.55. The van der Waals surface area contributed by atoms with Crippen LogP contribution in [0.3, 0.4) is 0 Å². The summed E-state index contributed by atoms with van der Waals surface area (Å²) in [5.74, 6) is 0.116. The maximum atomic E-state index is 11.9. The van der Waals surface area contributed by atoms with E-state index in [2.05, 4.69) is 0 Å². The fourth-order valence-corrected chi connectivity index (χ4v) is 4.79. The van der Waals surface area contributed by atoms with Gasteiger partial charge in [-0.05, 0) is 25.3 Å². The molecule has 0 aromatic heterocycles. The van der Waals surface area contributed by atoms with E-state index in [4.69, 9.17) is 18.9 Å². The summed E-state index contributed by atoms with van der Waals surface area (Å²) in [7, 11) is 0. The van der Waals surface area contributed by atoms with E-state index in [0.29, 0.717) is 6.42 Å². The fourth-order valence-electron chi connectivity index (χ4n) is 4.79. The number of hydrogen-bond acceptors (Lipinski definition) is 11. The van der Waals surface area contributed by atoms with E-state index < -0.39 is 61.4 Å². The molecule has 0 radical (unpaired) electrons. The van der Waals surface area contributed by atoms with Gasteiger partial charge in [0.1, 0.15) is 42.7 Å². The van der Waals surface area contributed by atoms with Gasteiger partial charge >= 0.3 is 0 Å². The molecule has 3 aliphatic rings. The molecule has 1 aliphatic carbocycles. The zero-order valence-corrected chi connectivity index (χ0v) is 20.4. The Balaban J connectivity index is 1.60. The van der Waals surface area contributed by atoms with Gasteiger partial charge in [0.25, 0.3) is 0 Å². The highest BCUT2D eigenvalue weighted by atomic mass is 16.7. The van der Waals surface area contributed by atoms with Crippen LogP contribution in [0.1, 0.15) is 34.1 Å². The lowest BCUT2D eigenvalue weighted by Gasteiger charge is -2.42. The zero-order chi connectivity index (χ0) is 26.1. The van der Waals surface area contributed by atoms with Crippen molar-refractivity contribution < 1.29 is 54.4 Å². The molecule has 11 atom stereocenters. The molecule has 3 rings (SSSR count). The summed E-state index contributed by atoms with van der Waals surface area (Å²) in [6, 6.07) is 0. The van der Waals surface area contributed by atoms with Crippen LogP contribution in [0.15, 0.2) is 23.8 Å². The van der Waals surface area contributed by atoms with Gasteiger partial charge in [-0.1, -0.05) is 31.6 Å². The monoisotopic (exact) mass is 502 g/mol. The smallest absolute Gasteiger partial charge is 0.187 e. The summed E-state index contributed by atoms with van der Waals surface area (Å²) in [5, 5.41) is 60.3. The van der Waals surface area contributed by atoms with Gasteiger partial charge in [0.05, 0.1) is 19.3 Å². The van der Waals surface area contributed by atoms with Crippen LogP contribution in [0, 0.1) is 11.3 Å². The first-order chi connectivity index (χ1) is 16.3. The van der Waals surface area contributed by atoms with Crippen molar-refractivity contribution in [3.8, 4) is 0 Å². The summed E-state index contributed by atoms with van der Waals surface area (Å²) in [5.41, 5.74) is 0.689. The minimum atomic E-state index is -1.59. The SMILES string of the molecule is CC1=CC(=O)CC(C)(C)C1/C=C/C(C)O[C@@H]1O[C@H](CO[C@@H]2OC[C@H](O)[C@H](O)[C@H]2O)[C@@H](O)[C@H](O)[C@H]1O. The third-order valence-corrected chi connectivity index (χ3v) is 6.82. The summed E-state index contributed by atoms with van der Waals surface area (Å²) < 4.78 is 22.0. The standard InChI is InChI=1S/C24H38O11/c1-11-7-13(25)8-24(3,4)14(11)6-5-12(2)34-23-21(31)19(29)18(28)16(35-23)10-33-22-20(30)17(27)15(26)9-32-22/h5-7,12,14-23,26-31H,8-10H2,1-4H3/b6-5+/t12?,14?,15-,16+,17-,18+,19-,20+,21+,22-,23+/m0/s1. The van der Waals surface area contributed by atoms with Crippen molar-refractivity contribution in [2.24, 2.45) is 11.3 Å². The van der Waals surface area contributed by atoms with Crippen molar-refractivity contribution in [1.29, 1.82) is 0 Å². The molecular formula is C24H38O11. The molecular weight excluding hydrogens is 464 g/mol. The molecule has 35 heavy (non-hydrogen) atoms. The van der Waals surface area contributed by atoms with Crippen LogP contribution in [0.5, 0.6) is 0 Å². The van der Waals surface area contributed by atoms with E-state index in [9.17, 15) is 35.4 Å². The predicted octanol–water partition coefficient (Wildman–Crippen LogP) is -1.23. The quantitative estimate of drug-likeness (QED) is 0.230. The van der Waals surface area contributed by atoms with Crippen molar-refractivity contribution >= 4 is 5.78 Å². The number of aliphatic hydroxyl groups excluding tert-OH is 6. The molecule has 0 aromatic rings. The van der Waals surface area contributed by atoms with Gasteiger partial charge in [0, 0.05) is 12.3 Å². The average Bonchev–Trinajstić information content (AvgIpc) is 2.76. The van der Waals surface area contributed by atoms with E-state index >= 15 is 0 Å². The summed E-state index contributed by atoms with van der Waals surface area (Å²) in [4.78, 5) is 11.9. The van der Waals surface area contributed by atoms with Crippen LogP contribution in [-0.2, 0) is 23.7 Å². The number of ketones is 1.